The highest BCUT2D eigenvalue weighted by Crippen LogP contribution is 2.46. The molecule has 0 saturated heterocycles. The first kappa shape index (κ1) is 21.6. The van der Waals surface area contributed by atoms with Gasteiger partial charge in [0, 0.05) is 22.6 Å². The molecule has 0 aromatic heterocycles. The number of carbonyl (C=O) groups is 2. The Labute approximate surface area is 187 Å². The molecule has 0 radical (unpaired) electrons. The van der Waals surface area contributed by atoms with Gasteiger partial charge in [-0.25, -0.2) is 0 Å². The summed E-state index contributed by atoms with van der Waals surface area (Å²) >= 11 is 1.64. The predicted molar refractivity (Wildman–Crippen MR) is 122 cm³/mol. The van der Waals surface area contributed by atoms with E-state index in [1.54, 1.807) is 30.9 Å². The van der Waals surface area contributed by atoms with Gasteiger partial charge < -0.3 is 19.7 Å². The molecule has 1 N–H and O–H groups in total. The summed E-state index contributed by atoms with van der Waals surface area (Å²) in [4.78, 5) is 28.6. The van der Waals surface area contributed by atoms with Crippen molar-refractivity contribution in [3.05, 3.63) is 48.0 Å². The van der Waals surface area contributed by atoms with Crippen molar-refractivity contribution in [3.8, 4) is 11.5 Å². The van der Waals surface area contributed by atoms with Crippen LogP contribution in [0.15, 0.2) is 47.4 Å². The summed E-state index contributed by atoms with van der Waals surface area (Å²) in [5, 5.41) is 3.01. The standard InChI is InChI=1S/C24H28N2O4S/c1-29-19-12-11-16(13-20(19)30-2)22-14-24(28)26(18-9-5-6-10-21(18)31-22)15-23(27)25-17-7-3-4-8-17/h5-6,9-13,17,22H,3-4,7-8,14-15H2,1-2H3,(H,25,27). The summed E-state index contributed by atoms with van der Waals surface area (Å²) in [6.45, 7) is 0.0472. The van der Waals surface area contributed by atoms with Crippen LogP contribution in [0.5, 0.6) is 11.5 Å². The van der Waals surface area contributed by atoms with E-state index in [-0.39, 0.29) is 29.7 Å². The Morgan fingerprint density at radius 3 is 2.58 bits per heavy atom. The van der Waals surface area contributed by atoms with Crippen LogP contribution in [0.3, 0.4) is 0 Å². The van der Waals surface area contributed by atoms with Gasteiger partial charge in [0.25, 0.3) is 0 Å². The number of benzene rings is 2. The SMILES string of the molecule is COc1ccc(C2CC(=O)N(CC(=O)NC3CCCC3)c3ccccc3S2)cc1OC. The van der Waals surface area contributed by atoms with Crippen molar-refractivity contribution < 1.29 is 19.1 Å². The van der Waals surface area contributed by atoms with Gasteiger partial charge in [-0.2, -0.15) is 0 Å². The highest BCUT2D eigenvalue weighted by molar-refractivity contribution is 7.99. The van der Waals surface area contributed by atoms with E-state index in [2.05, 4.69) is 5.32 Å². The van der Waals surface area contributed by atoms with Crippen LogP contribution >= 0.6 is 11.8 Å². The molecule has 2 aromatic rings. The number of carbonyl (C=O) groups excluding carboxylic acids is 2. The van der Waals surface area contributed by atoms with Gasteiger partial charge in [-0.15, -0.1) is 11.8 Å². The average Bonchev–Trinajstić information content (AvgIpc) is 3.25. The van der Waals surface area contributed by atoms with Gasteiger partial charge >= 0.3 is 0 Å². The second-order valence-electron chi connectivity index (χ2n) is 7.92. The molecule has 0 spiro atoms. The molecule has 7 heteroatoms. The zero-order valence-electron chi connectivity index (χ0n) is 17.9. The van der Waals surface area contributed by atoms with Crippen LogP contribution in [-0.2, 0) is 9.59 Å². The van der Waals surface area contributed by atoms with Gasteiger partial charge in [-0.3, -0.25) is 9.59 Å². The lowest BCUT2D eigenvalue weighted by atomic mass is 10.1. The molecule has 1 heterocycles. The van der Waals surface area contributed by atoms with Crippen LogP contribution in [0.4, 0.5) is 5.69 Å². The van der Waals surface area contributed by atoms with Crippen molar-refractivity contribution in [2.24, 2.45) is 0 Å². The molecular weight excluding hydrogens is 412 g/mol. The molecule has 4 rings (SSSR count). The average molecular weight is 441 g/mol. The van der Waals surface area contributed by atoms with E-state index in [0.717, 1.165) is 41.8 Å². The summed E-state index contributed by atoms with van der Waals surface area (Å²) in [5.74, 6) is 1.14. The molecule has 0 bridgehead atoms. The van der Waals surface area contributed by atoms with E-state index in [1.807, 2.05) is 42.5 Å². The van der Waals surface area contributed by atoms with Gasteiger partial charge in [0.2, 0.25) is 11.8 Å². The van der Waals surface area contributed by atoms with Gasteiger partial charge in [0.05, 0.1) is 19.9 Å². The molecule has 6 nitrogen and oxygen atoms in total. The molecule has 1 aliphatic carbocycles. The van der Waals surface area contributed by atoms with Crippen molar-refractivity contribution >= 4 is 29.3 Å². The van der Waals surface area contributed by atoms with Gasteiger partial charge in [0.15, 0.2) is 11.5 Å². The minimum Gasteiger partial charge on any atom is -0.493 e. The molecule has 1 aliphatic heterocycles. The number of nitrogens with one attached hydrogen (secondary N) is 1. The number of anilines is 1. The molecule has 1 saturated carbocycles. The summed E-state index contributed by atoms with van der Waals surface area (Å²) in [7, 11) is 3.21. The molecule has 31 heavy (non-hydrogen) atoms. The van der Waals surface area contributed by atoms with Crippen LogP contribution in [0.2, 0.25) is 0 Å². The monoisotopic (exact) mass is 440 g/mol. The van der Waals surface area contributed by atoms with Crippen molar-refractivity contribution in [1.82, 2.24) is 5.32 Å². The topological polar surface area (TPSA) is 67.9 Å². The molecule has 1 atom stereocenters. The Morgan fingerprint density at radius 1 is 1.10 bits per heavy atom. The van der Waals surface area contributed by atoms with Crippen molar-refractivity contribution in [3.63, 3.8) is 0 Å². The van der Waals surface area contributed by atoms with E-state index in [1.165, 1.54) is 0 Å². The van der Waals surface area contributed by atoms with Crippen molar-refractivity contribution in [1.29, 1.82) is 0 Å². The maximum atomic E-state index is 13.3. The second kappa shape index (κ2) is 9.64. The first-order chi connectivity index (χ1) is 15.1. The fraction of sp³-hybridized carbons (Fsp3) is 0.417. The van der Waals surface area contributed by atoms with Crippen LogP contribution < -0.4 is 19.7 Å². The molecule has 2 amide bonds. The van der Waals surface area contributed by atoms with Crippen LogP contribution in [0.25, 0.3) is 0 Å². The summed E-state index contributed by atoms with van der Waals surface area (Å²) in [6.07, 6.45) is 4.65. The van der Waals surface area contributed by atoms with Gasteiger partial charge in [-0.1, -0.05) is 31.0 Å². The zero-order valence-corrected chi connectivity index (χ0v) is 18.7. The van der Waals surface area contributed by atoms with E-state index >= 15 is 0 Å². The second-order valence-corrected chi connectivity index (χ2v) is 9.17. The van der Waals surface area contributed by atoms with E-state index in [9.17, 15) is 9.59 Å². The third-order valence-electron chi connectivity index (χ3n) is 5.89. The zero-order chi connectivity index (χ0) is 21.8. The summed E-state index contributed by atoms with van der Waals surface area (Å²) in [6, 6.07) is 13.8. The molecule has 1 unspecified atom stereocenters. The number of methoxy groups -OCH3 is 2. The first-order valence-electron chi connectivity index (χ1n) is 10.7. The molecule has 164 valence electrons. The third-order valence-corrected chi connectivity index (χ3v) is 7.21. The first-order valence-corrected chi connectivity index (χ1v) is 11.5. The highest BCUT2D eigenvalue weighted by atomic mass is 32.2. The lowest BCUT2D eigenvalue weighted by molar-refractivity contribution is -0.124. The van der Waals surface area contributed by atoms with Gasteiger partial charge in [-0.05, 0) is 42.7 Å². The fourth-order valence-electron chi connectivity index (χ4n) is 4.28. The van der Waals surface area contributed by atoms with Gasteiger partial charge in [0.1, 0.15) is 6.54 Å². The largest absolute Gasteiger partial charge is 0.493 e. The Morgan fingerprint density at radius 2 is 1.84 bits per heavy atom. The van der Waals surface area contributed by atoms with Crippen molar-refractivity contribution in [2.45, 2.75) is 48.3 Å². The molecule has 2 aliphatic rings. The fourth-order valence-corrected chi connectivity index (χ4v) is 5.55. The molecular formula is C24H28N2O4S. The predicted octanol–water partition coefficient (Wildman–Crippen LogP) is 4.33. The number of thioether (sulfide) groups is 1. The Kier molecular flexibility index (Phi) is 6.70. The Bertz CT molecular complexity index is 958. The number of fused-ring (bicyclic) bond motifs is 1. The number of para-hydroxylation sites is 1. The Balaban J connectivity index is 1.58. The van der Waals surface area contributed by atoms with E-state index in [4.69, 9.17) is 9.47 Å². The quantitative estimate of drug-likeness (QED) is 0.724. The minimum absolute atomic E-state index is 0.0472. The van der Waals surface area contributed by atoms with Crippen LogP contribution in [-0.4, -0.2) is 38.6 Å². The van der Waals surface area contributed by atoms with E-state index < -0.39 is 0 Å². The third kappa shape index (κ3) is 4.82. The maximum Gasteiger partial charge on any atom is 0.240 e. The number of ether oxygens (including phenoxy) is 2. The van der Waals surface area contributed by atoms with Crippen LogP contribution in [0, 0.1) is 0 Å². The highest BCUT2D eigenvalue weighted by Gasteiger charge is 2.31. The smallest absolute Gasteiger partial charge is 0.240 e. The summed E-state index contributed by atoms with van der Waals surface area (Å²) < 4.78 is 10.8. The number of hydrogen-bond acceptors (Lipinski definition) is 5. The van der Waals surface area contributed by atoms with Crippen molar-refractivity contribution in [2.75, 3.05) is 25.7 Å². The number of hydrogen-bond donors (Lipinski definition) is 1. The molecule has 2 aromatic carbocycles. The normalized spacial score (nSPS) is 19.0. The summed E-state index contributed by atoms with van der Waals surface area (Å²) in [5.41, 5.74) is 1.78. The maximum absolute atomic E-state index is 13.3. The Hall–Kier alpha value is -2.67. The minimum atomic E-state index is -0.0929. The lowest BCUT2D eigenvalue weighted by Gasteiger charge is -2.23. The number of amides is 2. The number of nitrogens with zero attached hydrogens (tertiary/aromatic N) is 1. The lowest BCUT2D eigenvalue weighted by Crippen LogP contribution is -2.43. The molecule has 1 fully saturated rings. The number of rotatable bonds is 6. The van der Waals surface area contributed by atoms with Crippen LogP contribution in [0.1, 0.15) is 42.9 Å². The van der Waals surface area contributed by atoms with E-state index in [0.29, 0.717) is 17.9 Å².